The highest BCUT2D eigenvalue weighted by Gasteiger charge is 1.88. The molecule has 4 nitrogen and oxygen atoms in total. The second-order valence-electron chi connectivity index (χ2n) is 1.77. The van der Waals surface area contributed by atoms with Crippen LogP contribution in [0.15, 0.2) is 17.4 Å². The van der Waals surface area contributed by atoms with Crippen molar-refractivity contribution in [2.75, 3.05) is 0 Å². The van der Waals surface area contributed by atoms with Crippen LogP contribution in [0.2, 0.25) is 0 Å². The molecule has 1 heterocycles. The summed E-state index contributed by atoms with van der Waals surface area (Å²) in [7, 11) is 0. The van der Waals surface area contributed by atoms with Gasteiger partial charge in [0.05, 0.1) is 11.9 Å². The zero-order valence-electron chi connectivity index (χ0n) is 5.93. The lowest BCUT2D eigenvalue weighted by atomic mass is 10.4. The molecule has 0 aliphatic carbocycles. The van der Waals surface area contributed by atoms with Crippen molar-refractivity contribution in [3.8, 4) is 0 Å². The van der Waals surface area contributed by atoms with Gasteiger partial charge >= 0.3 is 0 Å². The van der Waals surface area contributed by atoms with Crippen molar-refractivity contribution in [3.63, 3.8) is 0 Å². The van der Waals surface area contributed by atoms with Crippen LogP contribution in [0.3, 0.4) is 0 Å². The summed E-state index contributed by atoms with van der Waals surface area (Å²) in [6.45, 7) is 1.77. The molecular weight excluding hydrogens is 166 g/mol. The minimum Gasteiger partial charge on any atom is -0.411 e. The highest BCUT2D eigenvalue weighted by molar-refractivity contribution is 5.85. The average molecular weight is 174 g/mol. The Morgan fingerprint density at radius 3 is 2.91 bits per heavy atom. The Bertz CT molecular complexity index is 251. The number of nitrogens with zero attached hydrogens (tertiary/aromatic N) is 3. The van der Waals surface area contributed by atoms with Crippen LogP contribution in [0.1, 0.15) is 11.5 Å². The quantitative estimate of drug-likeness (QED) is 0.392. The standard InChI is InChI=1S/C6H7N3O.ClH/c1-5-7-3-2-6(9-5)4-8-10;/h2-4,10H,1H3;1H/b8-4+;. The molecule has 1 aromatic heterocycles. The Balaban J connectivity index is 0.000001000. The maximum atomic E-state index is 8.12. The first-order valence-electron chi connectivity index (χ1n) is 2.80. The lowest BCUT2D eigenvalue weighted by Crippen LogP contribution is -1.91. The van der Waals surface area contributed by atoms with E-state index in [4.69, 9.17) is 5.21 Å². The van der Waals surface area contributed by atoms with Crippen LogP contribution in [-0.2, 0) is 0 Å². The lowest BCUT2D eigenvalue weighted by molar-refractivity contribution is 0.321. The third kappa shape index (κ3) is 2.95. The van der Waals surface area contributed by atoms with Gasteiger partial charge < -0.3 is 5.21 Å². The summed E-state index contributed by atoms with van der Waals surface area (Å²) in [6.07, 6.45) is 2.87. The molecule has 0 unspecified atom stereocenters. The molecule has 5 heteroatoms. The lowest BCUT2D eigenvalue weighted by Gasteiger charge is -1.90. The number of hydrogen-bond donors (Lipinski definition) is 1. The Morgan fingerprint density at radius 2 is 2.36 bits per heavy atom. The molecular formula is C6H8ClN3O. The summed E-state index contributed by atoms with van der Waals surface area (Å²) in [5.74, 6) is 0.664. The predicted molar refractivity (Wildman–Crippen MR) is 43.4 cm³/mol. The van der Waals surface area contributed by atoms with Gasteiger partial charge in [0.25, 0.3) is 0 Å². The van der Waals surface area contributed by atoms with Gasteiger partial charge in [-0.15, -0.1) is 12.4 Å². The molecule has 0 aliphatic rings. The van der Waals surface area contributed by atoms with E-state index in [1.165, 1.54) is 6.21 Å². The molecule has 1 aromatic rings. The summed E-state index contributed by atoms with van der Waals surface area (Å²) in [6, 6.07) is 1.66. The number of oxime groups is 1. The summed E-state index contributed by atoms with van der Waals surface area (Å²) in [4.78, 5) is 7.81. The number of halogens is 1. The van der Waals surface area contributed by atoms with Crippen LogP contribution < -0.4 is 0 Å². The van der Waals surface area contributed by atoms with Crippen LogP contribution in [0.4, 0.5) is 0 Å². The average Bonchev–Trinajstić information content (AvgIpc) is 1.88. The molecule has 0 radical (unpaired) electrons. The molecule has 0 aliphatic heterocycles. The first kappa shape index (κ1) is 9.84. The maximum Gasteiger partial charge on any atom is 0.125 e. The van der Waals surface area contributed by atoms with Crippen LogP contribution in [0, 0.1) is 6.92 Å². The zero-order valence-corrected chi connectivity index (χ0v) is 6.75. The first-order chi connectivity index (χ1) is 4.83. The van der Waals surface area contributed by atoms with Gasteiger partial charge in [-0.3, -0.25) is 0 Å². The second kappa shape index (κ2) is 4.62. The summed E-state index contributed by atoms with van der Waals surface area (Å²) in [5, 5.41) is 11.0. The number of rotatable bonds is 1. The minimum atomic E-state index is 0. The third-order valence-electron chi connectivity index (χ3n) is 0.988. The Hall–Kier alpha value is -1.16. The fourth-order valence-corrected chi connectivity index (χ4v) is 0.606. The summed E-state index contributed by atoms with van der Waals surface area (Å²) >= 11 is 0. The van der Waals surface area contributed by atoms with Crippen molar-refractivity contribution in [2.24, 2.45) is 5.16 Å². The van der Waals surface area contributed by atoms with Gasteiger partial charge in [-0.1, -0.05) is 5.16 Å². The molecule has 0 bridgehead atoms. The van der Waals surface area contributed by atoms with E-state index in [1.54, 1.807) is 19.2 Å². The van der Waals surface area contributed by atoms with Crippen molar-refractivity contribution in [3.05, 3.63) is 23.8 Å². The minimum absolute atomic E-state index is 0. The molecule has 0 saturated heterocycles. The summed E-state index contributed by atoms with van der Waals surface area (Å²) in [5.41, 5.74) is 0.606. The van der Waals surface area contributed by atoms with Crippen LogP contribution in [0.5, 0.6) is 0 Å². The van der Waals surface area contributed by atoms with E-state index in [-0.39, 0.29) is 12.4 Å². The van der Waals surface area contributed by atoms with Gasteiger partial charge in [-0.05, 0) is 13.0 Å². The van der Waals surface area contributed by atoms with Crippen molar-refractivity contribution >= 4 is 18.6 Å². The van der Waals surface area contributed by atoms with E-state index in [0.717, 1.165) is 0 Å². The third-order valence-corrected chi connectivity index (χ3v) is 0.988. The fourth-order valence-electron chi connectivity index (χ4n) is 0.606. The predicted octanol–water partition coefficient (Wildman–Crippen LogP) is 1.01. The van der Waals surface area contributed by atoms with E-state index < -0.39 is 0 Å². The molecule has 0 saturated carbocycles. The monoisotopic (exact) mass is 173 g/mol. The summed E-state index contributed by atoms with van der Waals surface area (Å²) < 4.78 is 0. The van der Waals surface area contributed by atoms with E-state index in [2.05, 4.69) is 15.1 Å². The fraction of sp³-hybridized carbons (Fsp3) is 0.167. The van der Waals surface area contributed by atoms with Crippen molar-refractivity contribution in [1.82, 2.24) is 9.97 Å². The van der Waals surface area contributed by atoms with Gasteiger partial charge in [-0.25, -0.2) is 9.97 Å². The van der Waals surface area contributed by atoms with Gasteiger partial charge in [-0.2, -0.15) is 0 Å². The first-order valence-corrected chi connectivity index (χ1v) is 2.80. The van der Waals surface area contributed by atoms with Crippen LogP contribution in [-0.4, -0.2) is 21.4 Å². The van der Waals surface area contributed by atoms with Gasteiger partial charge in [0, 0.05) is 6.20 Å². The van der Waals surface area contributed by atoms with Gasteiger partial charge in [0.2, 0.25) is 0 Å². The topological polar surface area (TPSA) is 58.4 Å². The van der Waals surface area contributed by atoms with Crippen molar-refractivity contribution < 1.29 is 5.21 Å². The van der Waals surface area contributed by atoms with E-state index in [1.807, 2.05) is 0 Å². The van der Waals surface area contributed by atoms with Gasteiger partial charge in [0.15, 0.2) is 0 Å². The molecule has 0 fully saturated rings. The van der Waals surface area contributed by atoms with Crippen LogP contribution in [0.25, 0.3) is 0 Å². The highest BCUT2D eigenvalue weighted by Crippen LogP contribution is 1.89. The van der Waals surface area contributed by atoms with E-state index in [9.17, 15) is 0 Å². The van der Waals surface area contributed by atoms with E-state index >= 15 is 0 Å². The maximum absolute atomic E-state index is 8.12. The van der Waals surface area contributed by atoms with E-state index in [0.29, 0.717) is 11.5 Å². The molecule has 0 spiro atoms. The van der Waals surface area contributed by atoms with Gasteiger partial charge in [0.1, 0.15) is 5.82 Å². The van der Waals surface area contributed by atoms with Crippen molar-refractivity contribution in [2.45, 2.75) is 6.92 Å². The largest absolute Gasteiger partial charge is 0.411 e. The highest BCUT2D eigenvalue weighted by atomic mass is 35.5. The molecule has 60 valence electrons. The molecule has 0 aromatic carbocycles. The molecule has 11 heavy (non-hydrogen) atoms. The molecule has 1 N–H and O–H groups in total. The Labute approximate surface area is 70.4 Å². The SMILES string of the molecule is Cc1nccc(/C=N/O)n1.Cl. The Kier molecular flexibility index (Phi) is 4.14. The number of aromatic nitrogens is 2. The second-order valence-corrected chi connectivity index (χ2v) is 1.77. The zero-order chi connectivity index (χ0) is 7.40. The molecule has 0 atom stereocenters. The number of aryl methyl sites for hydroxylation is 1. The molecule has 1 rings (SSSR count). The normalized spacial score (nSPS) is 9.55. The smallest absolute Gasteiger partial charge is 0.125 e. The Morgan fingerprint density at radius 1 is 1.64 bits per heavy atom. The van der Waals surface area contributed by atoms with Crippen molar-refractivity contribution in [1.29, 1.82) is 0 Å². The number of hydrogen-bond acceptors (Lipinski definition) is 4. The molecule has 0 amide bonds. The van der Waals surface area contributed by atoms with Crippen LogP contribution >= 0.6 is 12.4 Å².